The van der Waals surface area contributed by atoms with Crippen molar-refractivity contribution in [2.75, 3.05) is 0 Å². The summed E-state index contributed by atoms with van der Waals surface area (Å²) in [7, 11) is 0. The van der Waals surface area contributed by atoms with E-state index in [0.717, 1.165) is 5.56 Å². The summed E-state index contributed by atoms with van der Waals surface area (Å²) in [6, 6.07) is 12.8. The lowest BCUT2D eigenvalue weighted by Gasteiger charge is -2.06. The van der Waals surface area contributed by atoms with Crippen LogP contribution in [0.25, 0.3) is 11.3 Å². The molecule has 3 aromatic rings. The van der Waals surface area contributed by atoms with Crippen LogP contribution in [0.5, 0.6) is 5.75 Å². The Bertz CT molecular complexity index is 1110. The van der Waals surface area contributed by atoms with E-state index in [4.69, 9.17) is 4.74 Å². The van der Waals surface area contributed by atoms with Crippen molar-refractivity contribution in [3.63, 3.8) is 0 Å². The van der Waals surface area contributed by atoms with Crippen LogP contribution < -0.4 is 9.54 Å². The van der Waals surface area contributed by atoms with Gasteiger partial charge in [-0.15, -0.1) is 16.4 Å². The van der Waals surface area contributed by atoms with Gasteiger partial charge in [-0.3, -0.25) is 14.2 Å². The summed E-state index contributed by atoms with van der Waals surface area (Å²) < 4.78 is 19.7. The zero-order chi connectivity index (χ0) is 20.1. The molecule has 1 aromatic heterocycles. The molecule has 0 aliphatic heterocycles. The Kier molecular flexibility index (Phi) is 5.90. The zero-order valence-electron chi connectivity index (χ0n) is 15.1. The molecular weight excluding hydrogens is 381 g/mol. The fraction of sp³-hybridized carbons (Fsp3) is 0.100. The molecule has 0 fully saturated rings. The minimum atomic E-state index is -0.403. The molecule has 0 aliphatic rings. The number of benzene rings is 2. The Morgan fingerprint density at radius 1 is 1.14 bits per heavy atom. The Morgan fingerprint density at radius 2 is 1.89 bits per heavy atom. The zero-order valence-corrected chi connectivity index (χ0v) is 15.9. The van der Waals surface area contributed by atoms with Gasteiger partial charge in [0.2, 0.25) is 10.7 Å². The van der Waals surface area contributed by atoms with Crippen molar-refractivity contribution in [1.82, 2.24) is 4.57 Å². The van der Waals surface area contributed by atoms with Crippen LogP contribution in [-0.4, -0.2) is 22.7 Å². The number of nitrogens with zero attached hydrogens (tertiary/aromatic N) is 3. The van der Waals surface area contributed by atoms with E-state index < -0.39 is 5.97 Å². The number of hydrogen-bond donors (Lipinski definition) is 0. The van der Waals surface area contributed by atoms with Crippen molar-refractivity contribution in [3.05, 3.63) is 70.1 Å². The first-order valence-corrected chi connectivity index (χ1v) is 9.15. The summed E-state index contributed by atoms with van der Waals surface area (Å²) in [5.41, 5.74) is 1.97. The predicted octanol–water partition coefficient (Wildman–Crippen LogP) is 3.88. The van der Waals surface area contributed by atoms with Gasteiger partial charge >= 0.3 is 5.97 Å². The van der Waals surface area contributed by atoms with E-state index in [1.165, 1.54) is 48.1 Å². The molecule has 28 heavy (non-hydrogen) atoms. The highest BCUT2D eigenvalue weighted by atomic mass is 32.1. The van der Waals surface area contributed by atoms with E-state index in [2.05, 4.69) is 10.2 Å². The second-order valence-corrected chi connectivity index (χ2v) is 6.61. The van der Waals surface area contributed by atoms with Gasteiger partial charge in [-0.1, -0.05) is 12.1 Å². The molecule has 2 aromatic carbocycles. The molecule has 142 valence electrons. The van der Waals surface area contributed by atoms with Crippen molar-refractivity contribution >= 4 is 29.4 Å². The number of thiazole rings is 1. The van der Waals surface area contributed by atoms with Crippen LogP contribution in [-0.2, 0) is 4.79 Å². The second kappa shape index (κ2) is 8.53. The fourth-order valence-electron chi connectivity index (χ4n) is 2.48. The van der Waals surface area contributed by atoms with E-state index in [1.54, 1.807) is 41.8 Å². The molecule has 0 saturated carbocycles. The molecule has 0 spiro atoms. The maximum Gasteiger partial charge on any atom is 0.308 e. The molecule has 0 bridgehead atoms. The third-order valence-corrected chi connectivity index (χ3v) is 4.45. The molecule has 0 amide bonds. The van der Waals surface area contributed by atoms with Crippen LogP contribution in [0.2, 0.25) is 0 Å². The molecule has 0 unspecified atom stereocenters. The van der Waals surface area contributed by atoms with Gasteiger partial charge in [0, 0.05) is 19.2 Å². The summed E-state index contributed by atoms with van der Waals surface area (Å²) in [5, 5.41) is 9.85. The number of ether oxygens (including phenoxy) is 1. The van der Waals surface area contributed by atoms with E-state index in [0.29, 0.717) is 21.8 Å². The molecule has 0 saturated heterocycles. The number of hydrogen-bond acceptors (Lipinski definition) is 6. The van der Waals surface area contributed by atoms with Crippen LogP contribution in [0.4, 0.5) is 4.39 Å². The summed E-state index contributed by atoms with van der Waals surface area (Å²) in [6.45, 7) is 2.76. The van der Waals surface area contributed by atoms with Gasteiger partial charge in [-0.2, -0.15) is 5.10 Å². The molecule has 3 rings (SSSR count). The highest BCUT2D eigenvalue weighted by Crippen LogP contribution is 2.23. The van der Waals surface area contributed by atoms with Crippen molar-refractivity contribution in [2.45, 2.75) is 13.8 Å². The standard InChI is InChI=1S/C20H16FN3O3S/c1-13(25)24-19(16-6-8-18(9-7-16)27-14(2)26)12-28-20(24)23-22-11-15-4-3-5-17(21)10-15/h3-12H,1-2H3/b22-11-,23-20-. The topological polar surface area (TPSA) is 73.0 Å². The van der Waals surface area contributed by atoms with Gasteiger partial charge < -0.3 is 4.74 Å². The minimum absolute atomic E-state index is 0.222. The molecule has 6 nitrogen and oxygen atoms in total. The van der Waals surface area contributed by atoms with Gasteiger partial charge in [0.05, 0.1) is 11.9 Å². The summed E-state index contributed by atoms with van der Waals surface area (Å²) in [5.74, 6) is -0.567. The smallest absolute Gasteiger partial charge is 0.308 e. The fourth-order valence-corrected chi connectivity index (χ4v) is 3.36. The number of halogens is 1. The maximum atomic E-state index is 13.2. The first kappa shape index (κ1) is 19.4. The normalized spacial score (nSPS) is 11.8. The summed E-state index contributed by atoms with van der Waals surface area (Å²) >= 11 is 1.25. The van der Waals surface area contributed by atoms with E-state index in [9.17, 15) is 14.0 Å². The maximum absolute atomic E-state index is 13.2. The van der Waals surface area contributed by atoms with Crippen LogP contribution in [0.15, 0.2) is 64.1 Å². The van der Waals surface area contributed by atoms with E-state index >= 15 is 0 Å². The Balaban J connectivity index is 1.93. The molecule has 0 N–H and O–H groups in total. The number of aromatic nitrogens is 1. The highest BCUT2D eigenvalue weighted by Gasteiger charge is 2.12. The largest absolute Gasteiger partial charge is 0.427 e. The van der Waals surface area contributed by atoms with Gasteiger partial charge in [0.25, 0.3) is 0 Å². The SMILES string of the molecule is CC(=O)Oc1ccc(-c2cs/c(=N\N=C/c3cccc(F)c3)n2C(C)=O)cc1. The molecule has 0 aliphatic carbocycles. The van der Waals surface area contributed by atoms with Crippen LogP contribution in [0, 0.1) is 5.82 Å². The van der Waals surface area contributed by atoms with Crippen LogP contribution >= 0.6 is 11.3 Å². The predicted molar refractivity (Wildman–Crippen MR) is 105 cm³/mol. The number of rotatable bonds is 4. The Hall–Kier alpha value is -3.39. The molecule has 8 heteroatoms. The van der Waals surface area contributed by atoms with Crippen molar-refractivity contribution in [2.24, 2.45) is 10.2 Å². The van der Waals surface area contributed by atoms with Crippen LogP contribution in [0.1, 0.15) is 24.2 Å². The highest BCUT2D eigenvalue weighted by molar-refractivity contribution is 7.07. The summed E-state index contributed by atoms with van der Waals surface area (Å²) in [4.78, 5) is 23.6. The monoisotopic (exact) mass is 397 g/mol. The van der Waals surface area contributed by atoms with Crippen molar-refractivity contribution < 1.29 is 18.7 Å². The Labute approximate surface area is 164 Å². The van der Waals surface area contributed by atoms with Gasteiger partial charge in [-0.25, -0.2) is 4.39 Å². The van der Waals surface area contributed by atoms with E-state index in [1.807, 2.05) is 0 Å². The summed E-state index contributed by atoms with van der Waals surface area (Å²) in [6.07, 6.45) is 1.42. The molecule has 0 atom stereocenters. The van der Waals surface area contributed by atoms with Crippen molar-refractivity contribution in [3.8, 4) is 17.0 Å². The van der Waals surface area contributed by atoms with Crippen molar-refractivity contribution in [1.29, 1.82) is 0 Å². The third-order valence-electron chi connectivity index (χ3n) is 3.63. The van der Waals surface area contributed by atoms with Gasteiger partial charge in [-0.05, 0) is 47.5 Å². The quantitative estimate of drug-likeness (QED) is 0.290. The molecule has 0 radical (unpaired) electrons. The molecular formula is C20H16FN3O3S. The number of carbonyl (C=O) groups excluding carboxylic acids is 2. The van der Waals surface area contributed by atoms with Gasteiger partial charge in [0.15, 0.2) is 0 Å². The minimum Gasteiger partial charge on any atom is -0.427 e. The lowest BCUT2D eigenvalue weighted by atomic mass is 10.1. The Morgan fingerprint density at radius 3 is 2.54 bits per heavy atom. The lowest BCUT2D eigenvalue weighted by molar-refractivity contribution is -0.131. The van der Waals surface area contributed by atoms with Crippen LogP contribution in [0.3, 0.4) is 0 Å². The second-order valence-electron chi connectivity index (χ2n) is 5.78. The molecule has 1 heterocycles. The third kappa shape index (κ3) is 4.66. The average Bonchev–Trinajstić information content (AvgIpc) is 3.06. The first-order valence-electron chi connectivity index (χ1n) is 8.27. The first-order chi connectivity index (χ1) is 13.4. The number of carbonyl (C=O) groups is 2. The lowest BCUT2D eigenvalue weighted by Crippen LogP contribution is -2.21. The van der Waals surface area contributed by atoms with E-state index in [-0.39, 0.29) is 11.7 Å². The van der Waals surface area contributed by atoms with Gasteiger partial charge in [0.1, 0.15) is 11.6 Å². The number of esters is 1. The average molecular weight is 397 g/mol.